The molecule has 7 nitrogen and oxygen atoms in total. The predicted molar refractivity (Wildman–Crippen MR) is 94.9 cm³/mol. The van der Waals surface area contributed by atoms with Gasteiger partial charge in [0.25, 0.3) is 5.69 Å². The van der Waals surface area contributed by atoms with Gasteiger partial charge >= 0.3 is 0 Å². The van der Waals surface area contributed by atoms with E-state index in [-0.39, 0.29) is 16.3 Å². The van der Waals surface area contributed by atoms with Gasteiger partial charge in [0.15, 0.2) is 0 Å². The Bertz CT molecular complexity index is 836. The molecule has 128 valence electrons. The summed E-state index contributed by atoms with van der Waals surface area (Å²) in [7, 11) is -4.06. The number of para-hydroxylation sites is 1. The van der Waals surface area contributed by atoms with E-state index in [0.717, 1.165) is 10.5 Å². The fourth-order valence-electron chi connectivity index (χ4n) is 2.07. The summed E-state index contributed by atoms with van der Waals surface area (Å²) in [6.07, 6.45) is 0. The number of sulfonamides is 1. The van der Waals surface area contributed by atoms with Gasteiger partial charge in [-0.1, -0.05) is 23.8 Å². The molecule has 9 heteroatoms. The lowest BCUT2D eigenvalue weighted by Crippen LogP contribution is -2.17. The first-order valence-electron chi connectivity index (χ1n) is 7.02. The van der Waals surface area contributed by atoms with Crippen molar-refractivity contribution in [1.29, 1.82) is 0 Å². The number of nitrogens with zero attached hydrogens (tertiary/aromatic N) is 1. The van der Waals surface area contributed by atoms with Crippen molar-refractivity contribution >= 4 is 33.2 Å². The summed E-state index contributed by atoms with van der Waals surface area (Å²) < 4.78 is 23.2. The second-order valence-corrected chi connectivity index (χ2v) is 7.74. The zero-order valence-corrected chi connectivity index (χ0v) is 14.6. The van der Waals surface area contributed by atoms with Gasteiger partial charge in [-0.15, -0.1) is 11.8 Å². The Kier molecular flexibility index (Phi) is 5.81. The zero-order chi connectivity index (χ0) is 17.7. The lowest BCUT2D eigenvalue weighted by Gasteiger charge is -2.11. The van der Waals surface area contributed by atoms with Crippen LogP contribution in [0, 0.1) is 17.0 Å². The number of hydrogen-bond acceptors (Lipinski definition) is 6. The molecule has 3 N–H and O–H groups in total. The molecular formula is C15H17N3O4S2. The summed E-state index contributed by atoms with van der Waals surface area (Å²) in [5.74, 6) is 0.610. The van der Waals surface area contributed by atoms with Gasteiger partial charge < -0.3 is 5.32 Å². The van der Waals surface area contributed by atoms with Crippen LogP contribution in [0.2, 0.25) is 0 Å². The van der Waals surface area contributed by atoms with Crippen LogP contribution in [0.1, 0.15) is 5.56 Å². The van der Waals surface area contributed by atoms with Crippen molar-refractivity contribution in [3.63, 3.8) is 0 Å². The molecule has 0 atom stereocenters. The van der Waals surface area contributed by atoms with Crippen molar-refractivity contribution in [3.8, 4) is 0 Å². The Morgan fingerprint density at radius 2 is 1.88 bits per heavy atom. The molecule has 2 rings (SSSR count). The van der Waals surface area contributed by atoms with E-state index in [9.17, 15) is 18.5 Å². The summed E-state index contributed by atoms with van der Waals surface area (Å²) in [4.78, 5) is 11.3. The minimum Gasteiger partial charge on any atom is -0.378 e. The highest BCUT2D eigenvalue weighted by molar-refractivity contribution is 7.99. The topological polar surface area (TPSA) is 115 Å². The summed E-state index contributed by atoms with van der Waals surface area (Å²) in [6, 6.07) is 11.8. The standard InChI is InChI=1S/C15H17N3O4S2/c1-11-5-7-12(8-6-11)23-10-9-17-15-13(18(19)20)3-2-4-14(15)24(16,21)22/h2-8,17H,9-10H2,1H3,(H2,16,21,22). The van der Waals surface area contributed by atoms with Gasteiger partial charge in [-0.3, -0.25) is 10.1 Å². The second-order valence-electron chi connectivity index (χ2n) is 5.04. The second kappa shape index (κ2) is 7.65. The molecule has 0 fully saturated rings. The lowest BCUT2D eigenvalue weighted by molar-refractivity contribution is -0.384. The molecule has 24 heavy (non-hydrogen) atoms. The molecule has 2 aromatic rings. The van der Waals surface area contributed by atoms with Crippen molar-refractivity contribution < 1.29 is 13.3 Å². The molecule has 0 aromatic heterocycles. The monoisotopic (exact) mass is 367 g/mol. The molecule has 0 unspecified atom stereocenters. The highest BCUT2D eigenvalue weighted by Gasteiger charge is 2.23. The van der Waals surface area contributed by atoms with Gasteiger partial charge in [0.05, 0.1) is 4.92 Å². The number of thioether (sulfide) groups is 1. The van der Waals surface area contributed by atoms with Crippen molar-refractivity contribution in [1.82, 2.24) is 0 Å². The minimum absolute atomic E-state index is 0.0745. The molecule has 0 aliphatic rings. The van der Waals surface area contributed by atoms with Crippen molar-refractivity contribution in [2.45, 2.75) is 16.7 Å². The number of benzene rings is 2. The van der Waals surface area contributed by atoms with Crippen molar-refractivity contribution in [3.05, 3.63) is 58.1 Å². The molecule has 0 heterocycles. The largest absolute Gasteiger partial charge is 0.378 e. The van der Waals surface area contributed by atoms with Crippen LogP contribution in [-0.4, -0.2) is 25.6 Å². The molecule has 0 amide bonds. The maximum atomic E-state index is 11.6. The van der Waals surface area contributed by atoms with Gasteiger partial charge in [0, 0.05) is 23.3 Å². The quantitative estimate of drug-likeness (QED) is 0.336. The van der Waals surface area contributed by atoms with E-state index >= 15 is 0 Å². The van der Waals surface area contributed by atoms with E-state index in [2.05, 4.69) is 5.32 Å². The van der Waals surface area contributed by atoms with Crippen LogP contribution in [0.15, 0.2) is 52.3 Å². The van der Waals surface area contributed by atoms with Gasteiger partial charge in [-0.25, -0.2) is 13.6 Å². The molecule has 0 bridgehead atoms. The van der Waals surface area contributed by atoms with Crippen LogP contribution in [0.5, 0.6) is 0 Å². The highest BCUT2D eigenvalue weighted by atomic mass is 32.2. The van der Waals surface area contributed by atoms with Crippen LogP contribution in [0.4, 0.5) is 11.4 Å². The molecule has 0 aliphatic heterocycles. The number of nitrogens with two attached hydrogens (primary N) is 1. The Morgan fingerprint density at radius 1 is 1.21 bits per heavy atom. The summed E-state index contributed by atoms with van der Waals surface area (Å²) in [5, 5.41) is 19.1. The van der Waals surface area contributed by atoms with Crippen LogP contribution < -0.4 is 10.5 Å². The van der Waals surface area contributed by atoms with Crippen LogP contribution in [-0.2, 0) is 10.0 Å². The SMILES string of the molecule is Cc1ccc(SCCNc2c([N+](=O)[O-])cccc2S(N)(=O)=O)cc1. The van der Waals surface area contributed by atoms with Crippen LogP contribution in [0.3, 0.4) is 0 Å². The Hall–Kier alpha value is -2.10. The van der Waals surface area contributed by atoms with Gasteiger partial charge in [-0.05, 0) is 25.1 Å². The molecular weight excluding hydrogens is 350 g/mol. The van der Waals surface area contributed by atoms with Gasteiger partial charge in [0.2, 0.25) is 10.0 Å². The maximum absolute atomic E-state index is 11.6. The van der Waals surface area contributed by atoms with E-state index < -0.39 is 14.9 Å². The van der Waals surface area contributed by atoms with Crippen LogP contribution in [0.25, 0.3) is 0 Å². The number of nitro benzene ring substituents is 1. The van der Waals surface area contributed by atoms with Crippen molar-refractivity contribution in [2.75, 3.05) is 17.6 Å². The van der Waals surface area contributed by atoms with E-state index in [1.54, 1.807) is 11.8 Å². The molecule has 2 aromatic carbocycles. The van der Waals surface area contributed by atoms with Crippen LogP contribution >= 0.6 is 11.8 Å². The first-order chi connectivity index (χ1) is 11.3. The average molecular weight is 367 g/mol. The number of hydrogen-bond donors (Lipinski definition) is 2. The molecule has 0 saturated carbocycles. The predicted octanol–water partition coefficient (Wildman–Crippen LogP) is 2.75. The maximum Gasteiger partial charge on any atom is 0.293 e. The van der Waals surface area contributed by atoms with E-state index in [0.29, 0.717) is 12.3 Å². The number of aryl methyl sites for hydroxylation is 1. The third-order valence-corrected chi connectivity index (χ3v) is 5.17. The van der Waals surface area contributed by atoms with E-state index in [1.165, 1.54) is 18.2 Å². The Morgan fingerprint density at radius 3 is 2.46 bits per heavy atom. The van der Waals surface area contributed by atoms with Gasteiger partial charge in [-0.2, -0.15) is 0 Å². The zero-order valence-electron chi connectivity index (χ0n) is 12.9. The highest BCUT2D eigenvalue weighted by Crippen LogP contribution is 2.31. The number of nitro groups is 1. The average Bonchev–Trinajstić information content (AvgIpc) is 2.52. The van der Waals surface area contributed by atoms with E-state index in [4.69, 9.17) is 5.14 Å². The molecule has 0 saturated heterocycles. The first-order valence-corrected chi connectivity index (χ1v) is 9.56. The number of primary sulfonamides is 1. The first kappa shape index (κ1) is 18.2. The number of anilines is 1. The number of nitrogens with one attached hydrogen (secondary N) is 1. The lowest BCUT2D eigenvalue weighted by atomic mass is 10.2. The number of rotatable bonds is 7. The van der Waals surface area contributed by atoms with E-state index in [1.807, 2.05) is 31.2 Å². The summed E-state index contributed by atoms with van der Waals surface area (Å²) in [6.45, 7) is 2.35. The molecule has 0 aliphatic carbocycles. The third kappa shape index (κ3) is 4.70. The van der Waals surface area contributed by atoms with Gasteiger partial charge in [0.1, 0.15) is 10.6 Å². The Labute approximate surface area is 144 Å². The molecule has 0 spiro atoms. The Balaban J connectivity index is 2.11. The fraction of sp³-hybridized carbons (Fsp3) is 0.200. The van der Waals surface area contributed by atoms with Crippen molar-refractivity contribution in [2.24, 2.45) is 5.14 Å². The normalized spacial score (nSPS) is 11.2. The minimum atomic E-state index is -4.06. The third-order valence-electron chi connectivity index (χ3n) is 3.20. The summed E-state index contributed by atoms with van der Waals surface area (Å²) >= 11 is 1.56. The fourth-order valence-corrected chi connectivity index (χ4v) is 3.56. The smallest absolute Gasteiger partial charge is 0.293 e. The summed E-state index contributed by atoms with van der Waals surface area (Å²) in [5.41, 5.74) is 0.770. The molecule has 0 radical (unpaired) electrons.